The second-order valence-electron chi connectivity index (χ2n) is 9.84. The van der Waals surface area contributed by atoms with Crippen molar-refractivity contribution in [3.8, 4) is 0 Å². The Morgan fingerprint density at radius 3 is 2.59 bits per heavy atom. The Morgan fingerprint density at radius 1 is 1.16 bits per heavy atom. The van der Waals surface area contributed by atoms with Crippen LogP contribution in [0, 0.1) is 0 Å². The number of hydrogen-bond acceptors (Lipinski definition) is 7. The summed E-state index contributed by atoms with van der Waals surface area (Å²) in [6.07, 6.45) is 2.96. The lowest BCUT2D eigenvalue weighted by Crippen LogP contribution is -2.54. The van der Waals surface area contributed by atoms with Crippen LogP contribution in [0.3, 0.4) is 0 Å². The first-order valence-corrected chi connectivity index (χ1v) is 12.5. The van der Waals surface area contributed by atoms with Crippen molar-refractivity contribution in [3.63, 3.8) is 0 Å². The van der Waals surface area contributed by atoms with Crippen LogP contribution in [-0.4, -0.2) is 66.3 Å². The van der Waals surface area contributed by atoms with Gasteiger partial charge in [-0.2, -0.15) is 0 Å². The van der Waals surface area contributed by atoms with Gasteiger partial charge >= 0.3 is 5.97 Å². The number of anilines is 1. The lowest BCUT2D eigenvalue weighted by molar-refractivity contribution is -0.156. The number of ether oxygens (including phenoxy) is 1. The zero-order valence-corrected chi connectivity index (χ0v) is 20.0. The molecule has 8 heteroatoms. The van der Waals surface area contributed by atoms with Crippen molar-refractivity contribution in [1.29, 1.82) is 0 Å². The topological polar surface area (TPSA) is 79.0 Å². The van der Waals surface area contributed by atoms with E-state index in [1.165, 1.54) is 10.5 Å². The third kappa shape index (κ3) is 5.29. The minimum absolute atomic E-state index is 0.163. The molecule has 7 nitrogen and oxygen atoms in total. The summed E-state index contributed by atoms with van der Waals surface area (Å²) >= 11 is 1.87. The number of carbonyl (C=O) groups excluding carboxylic acids is 3. The predicted molar refractivity (Wildman–Crippen MR) is 125 cm³/mol. The molecule has 2 saturated heterocycles. The predicted octanol–water partition coefficient (Wildman–Crippen LogP) is 2.93. The molecule has 1 aromatic rings. The molecule has 4 rings (SSSR count). The molecule has 2 fully saturated rings. The van der Waals surface area contributed by atoms with Crippen molar-refractivity contribution in [2.45, 2.75) is 68.9 Å². The van der Waals surface area contributed by atoms with Gasteiger partial charge in [0.2, 0.25) is 11.8 Å². The van der Waals surface area contributed by atoms with Gasteiger partial charge in [-0.3, -0.25) is 24.6 Å². The average Bonchev–Trinajstić information content (AvgIpc) is 2.72. The Morgan fingerprint density at radius 2 is 1.91 bits per heavy atom. The van der Waals surface area contributed by atoms with Crippen LogP contribution in [0.1, 0.15) is 57.9 Å². The number of esters is 1. The third-order valence-corrected chi connectivity index (χ3v) is 7.42. The molecule has 0 spiro atoms. The summed E-state index contributed by atoms with van der Waals surface area (Å²) in [4.78, 5) is 41.9. The van der Waals surface area contributed by atoms with E-state index in [1.807, 2.05) is 32.5 Å². The van der Waals surface area contributed by atoms with Crippen LogP contribution in [0.15, 0.2) is 23.1 Å². The number of amides is 2. The Balaban J connectivity index is 1.43. The highest BCUT2D eigenvalue weighted by molar-refractivity contribution is 7.99. The standard InChI is InChI=1S/C24H33N3O4S/c1-24(2,3)31-21(29)15-26-11-9-16(10-12-26)17-5-4-6-18-22(17)32-14-13-27(18)19-7-8-20(28)25-23(19)30/h4-6,16,19H,7-15H2,1-3H3,(H,25,28,30). The van der Waals surface area contributed by atoms with E-state index < -0.39 is 5.60 Å². The largest absolute Gasteiger partial charge is 0.459 e. The van der Waals surface area contributed by atoms with Gasteiger partial charge in [0.25, 0.3) is 0 Å². The lowest BCUT2D eigenvalue weighted by Gasteiger charge is -2.40. The molecular formula is C24H33N3O4S. The first-order valence-electron chi connectivity index (χ1n) is 11.5. The summed E-state index contributed by atoms with van der Waals surface area (Å²) in [6, 6.07) is 6.13. The molecular weight excluding hydrogens is 426 g/mol. The molecule has 1 unspecified atom stereocenters. The van der Waals surface area contributed by atoms with Crippen LogP contribution in [0.5, 0.6) is 0 Å². The number of fused-ring (bicyclic) bond motifs is 1. The number of piperidine rings is 2. The smallest absolute Gasteiger partial charge is 0.320 e. The number of rotatable bonds is 4. The number of nitrogens with one attached hydrogen (secondary N) is 1. The zero-order valence-electron chi connectivity index (χ0n) is 19.2. The summed E-state index contributed by atoms with van der Waals surface area (Å²) in [5, 5.41) is 2.50. The van der Waals surface area contributed by atoms with Gasteiger partial charge in [-0.05, 0) is 70.7 Å². The summed E-state index contributed by atoms with van der Waals surface area (Å²) in [7, 11) is 0. The number of nitrogens with zero attached hydrogens (tertiary/aromatic N) is 2. The highest BCUT2D eigenvalue weighted by atomic mass is 32.2. The van der Waals surface area contributed by atoms with Crippen LogP contribution in [0.25, 0.3) is 0 Å². The molecule has 3 aliphatic heterocycles. The molecule has 0 aliphatic carbocycles. The summed E-state index contributed by atoms with van der Waals surface area (Å²) in [6.45, 7) is 8.57. The number of hydrogen-bond donors (Lipinski definition) is 1. The SMILES string of the molecule is CC(C)(C)OC(=O)CN1CCC(c2cccc3c2SCCN3C2CCC(=O)NC2=O)CC1. The Hall–Kier alpha value is -2.06. The molecule has 0 saturated carbocycles. The molecule has 174 valence electrons. The molecule has 3 heterocycles. The fourth-order valence-electron chi connectivity index (χ4n) is 4.88. The normalized spacial score (nSPS) is 23.0. The van der Waals surface area contributed by atoms with Gasteiger partial charge in [-0.25, -0.2) is 0 Å². The van der Waals surface area contributed by atoms with E-state index in [1.54, 1.807) is 0 Å². The molecule has 2 amide bonds. The molecule has 1 N–H and O–H groups in total. The van der Waals surface area contributed by atoms with Gasteiger partial charge in [0.05, 0.1) is 12.2 Å². The van der Waals surface area contributed by atoms with Crippen molar-refractivity contribution in [1.82, 2.24) is 10.2 Å². The quantitative estimate of drug-likeness (QED) is 0.548. The van der Waals surface area contributed by atoms with E-state index in [0.717, 1.165) is 43.9 Å². The maximum absolute atomic E-state index is 12.5. The maximum atomic E-state index is 12.5. The molecule has 0 bridgehead atoms. The van der Waals surface area contributed by atoms with Gasteiger partial charge in [-0.1, -0.05) is 12.1 Å². The minimum atomic E-state index is -0.454. The monoisotopic (exact) mass is 459 g/mol. The van der Waals surface area contributed by atoms with Gasteiger partial charge in [0.15, 0.2) is 0 Å². The van der Waals surface area contributed by atoms with Gasteiger partial charge < -0.3 is 9.64 Å². The van der Waals surface area contributed by atoms with Crippen LogP contribution < -0.4 is 10.2 Å². The Labute approximate surface area is 194 Å². The Kier molecular flexibility index (Phi) is 6.81. The highest BCUT2D eigenvalue weighted by Crippen LogP contribution is 2.44. The van der Waals surface area contributed by atoms with Gasteiger partial charge in [0, 0.05) is 23.6 Å². The summed E-state index contributed by atoms with van der Waals surface area (Å²) in [5.74, 6) is 0.849. The zero-order chi connectivity index (χ0) is 22.9. The lowest BCUT2D eigenvalue weighted by atomic mass is 9.88. The average molecular weight is 460 g/mol. The van der Waals surface area contributed by atoms with Crippen molar-refractivity contribution in [3.05, 3.63) is 23.8 Å². The van der Waals surface area contributed by atoms with E-state index in [9.17, 15) is 14.4 Å². The number of carbonyl (C=O) groups is 3. The van der Waals surface area contributed by atoms with E-state index in [0.29, 0.717) is 25.3 Å². The molecule has 0 radical (unpaired) electrons. The maximum Gasteiger partial charge on any atom is 0.320 e. The van der Waals surface area contributed by atoms with E-state index >= 15 is 0 Å². The van der Waals surface area contributed by atoms with E-state index in [4.69, 9.17) is 4.74 Å². The minimum Gasteiger partial charge on any atom is -0.459 e. The fourth-order valence-corrected chi connectivity index (χ4v) is 6.10. The molecule has 1 atom stereocenters. The Bertz CT molecular complexity index is 890. The molecule has 3 aliphatic rings. The third-order valence-electron chi connectivity index (χ3n) is 6.30. The number of thioether (sulfide) groups is 1. The van der Waals surface area contributed by atoms with E-state index in [2.05, 4.69) is 33.3 Å². The van der Waals surface area contributed by atoms with Crippen molar-refractivity contribution >= 4 is 35.2 Å². The second kappa shape index (κ2) is 9.43. The second-order valence-corrected chi connectivity index (χ2v) is 10.9. The van der Waals surface area contributed by atoms with Crippen molar-refractivity contribution in [2.75, 3.05) is 36.8 Å². The van der Waals surface area contributed by atoms with Crippen LogP contribution in [0.2, 0.25) is 0 Å². The number of imide groups is 1. The van der Waals surface area contributed by atoms with Crippen molar-refractivity contribution in [2.24, 2.45) is 0 Å². The fraction of sp³-hybridized carbons (Fsp3) is 0.625. The number of likely N-dealkylation sites (tertiary alicyclic amines) is 1. The summed E-state index contributed by atoms with van der Waals surface area (Å²) < 4.78 is 5.47. The van der Waals surface area contributed by atoms with Gasteiger partial charge in [0.1, 0.15) is 11.6 Å². The van der Waals surface area contributed by atoms with Crippen molar-refractivity contribution < 1.29 is 19.1 Å². The molecule has 1 aromatic carbocycles. The molecule has 32 heavy (non-hydrogen) atoms. The van der Waals surface area contributed by atoms with Crippen LogP contribution in [0.4, 0.5) is 5.69 Å². The number of benzene rings is 1. The highest BCUT2D eigenvalue weighted by Gasteiger charge is 2.35. The van der Waals surface area contributed by atoms with Gasteiger partial charge in [-0.15, -0.1) is 11.8 Å². The first kappa shape index (κ1) is 23.1. The first-order chi connectivity index (χ1) is 15.2. The van der Waals surface area contributed by atoms with Crippen LogP contribution >= 0.6 is 11.8 Å². The van der Waals surface area contributed by atoms with Crippen LogP contribution in [-0.2, 0) is 19.1 Å². The molecule has 0 aromatic heterocycles. The van der Waals surface area contributed by atoms with E-state index in [-0.39, 0.29) is 23.8 Å². The summed E-state index contributed by atoms with van der Waals surface area (Å²) in [5.41, 5.74) is 2.01.